The molecule has 0 aliphatic heterocycles. The van der Waals surface area contributed by atoms with E-state index in [9.17, 15) is 44.3 Å². The Morgan fingerprint density at radius 3 is 2.25 bits per heavy atom. The maximum atomic E-state index is 14.5. The molecule has 1 N–H and O–H groups in total. The van der Waals surface area contributed by atoms with Crippen molar-refractivity contribution in [2.45, 2.75) is 19.1 Å². The van der Waals surface area contributed by atoms with Crippen LogP contribution in [0.15, 0.2) is 42.5 Å². The molecule has 174 valence electrons. The van der Waals surface area contributed by atoms with E-state index in [4.69, 9.17) is 0 Å². The Balaban J connectivity index is 2.34. The molecular weight excluding hydrogens is 466 g/mol. The third-order valence-corrected chi connectivity index (χ3v) is 5.32. The van der Waals surface area contributed by atoms with E-state index in [0.29, 0.717) is 22.7 Å². The highest BCUT2D eigenvalue weighted by Crippen LogP contribution is 2.38. The SMILES string of the molecule is CS(=O)(=O)N(Cc1ccc(C(=O)CNC(=O)C(F)F)cc1F)c1ccccc1C(F)(F)F. The average molecular weight is 482 g/mol. The molecule has 0 aliphatic rings. The fourth-order valence-electron chi connectivity index (χ4n) is 2.66. The fraction of sp³-hybridized carbons (Fsp3) is 0.263. The summed E-state index contributed by atoms with van der Waals surface area (Å²) in [6.07, 6.45) is -7.57. The Kier molecular flexibility index (Phi) is 7.54. The number of para-hydroxylation sites is 1. The van der Waals surface area contributed by atoms with Crippen LogP contribution < -0.4 is 9.62 Å². The molecule has 0 unspecified atom stereocenters. The van der Waals surface area contributed by atoms with E-state index in [2.05, 4.69) is 0 Å². The highest BCUT2D eigenvalue weighted by atomic mass is 32.2. The minimum absolute atomic E-state index is 0.317. The summed E-state index contributed by atoms with van der Waals surface area (Å²) in [7, 11) is -4.29. The largest absolute Gasteiger partial charge is 0.418 e. The summed E-state index contributed by atoms with van der Waals surface area (Å²) in [6, 6.07) is 6.54. The second kappa shape index (κ2) is 9.59. The molecule has 13 heteroatoms. The molecule has 1 amide bonds. The van der Waals surface area contributed by atoms with Crippen LogP contribution in [0.5, 0.6) is 0 Å². The number of amides is 1. The average Bonchev–Trinajstić information content (AvgIpc) is 2.69. The summed E-state index contributed by atoms with van der Waals surface area (Å²) in [5.74, 6) is -3.72. The zero-order valence-electron chi connectivity index (χ0n) is 16.3. The predicted molar refractivity (Wildman–Crippen MR) is 102 cm³/mol. The van der Waals surface area contributed by atoms with Gasteiger partial charge in [-0.25, -0.2) is 12.8 Å². The van der Waals surface area contributed by atoms with Gasteiger partial charge in [0.15, 0.2) is 5.78 Å². The lowest BCUT2D eigenvalue weighted by Crippen LogP contribution is -2.34. The minimum Gasteiger partial charge on any atom is -0.344 e. The number of carbonyl (C=O) groups excluding carboxylic acids is 2. The van der Waals surface area contributed by atoms with Gasteiger partial charge >= 0.3 is 12.6 Å². The Morgan fingerprint density at radius 1 is 1.09 bits per heavy atom. The van der Waals surface area contributed by atoms with Crippen LogP contribution >= 0.6 is 0 Å². The molecule has 6 nitrogen and oxygen atoms in total. The molecule has 0 radical (unpaired) electrons. The molecule has 2 aromatic rings. The first kappa shape index (κ1) is 25.2. The lowest BCUT2D eigenvalue weighted by atomic mass is 10.1. The molecule has 0 atom stereocenters. The van der Waals surface area contributed by atoms with Crippen LogP contribution in [0, 0.1) is 5.82 Å². The number of benzene rings is 2. The van der Waals surface area contributed by atoms with Gasteiger partial charge in [0.05, 0.1) is 30.6 Å². The van der Waals surface area contributed by atoms with Gasteiger partial charge in [0.2, 0.25) is 10.0 Å². The summed E-state index contributed by atoms with van der Waals surface area (Å²) in [5.41, 5.74) is -2.62. The van der Waals surface area contributed by atoms with Gasteiger partial charge in [-0.2, -0.15) is 22.0 Å². The fourth-order valence-corrected chi connectivity index (χ4v) is 3.55. The van der Waals surface area contributed by atoms with E-state index < -0.39 is 64.5 Å². The van der Waals surface area contributed by atoms with Gasteiger partial charge < -0.3 is 5.32 Å². The number of hydrogen-bond acceptors (Lipinski definition) is 4. The molecule has 0 heterocycles. The van der Waals surface area contributed by atoms with Crippen molar-refractivity contribution < 1.29 is 44.3 Å². The van der Waals surface area contributed by atoms with E-state index in [-0.39, 0.29) is 11.1 Å². The van der Waals surface area contributed by atoms with Gasteiger partial charge in [-0.3, -0.25) is 13.9 Å². The van der Waals surface area contributed by atoms with Crippen LogP contribution in [0.25, 0.3) is 0 Å². The summed E-state index contributed by atoms with van der Waals surface area (Å²) in [6.45, 7) is -1.65. The molecule has 0 saturated heterocycles. The van der Waals surface area contributed by atoms with Crippen molar-refractivity contribution in [2.75, 3.05) is 17.1 Å². The number of rotatable bonds is 8. The van der Waals surface area contributed by atoms with Crippen molar-refractivity contribution in [1.29, 1.82) is 0 Å². The molecule has 0 aliphatic carbocycles. The number of Topliss-reactive ketones (excluding diaryl/α,β-unsaturated/α-hetero) is 1. The summed E-state index contributed by atoms with van der Waals surface area (Å²) < 4.78 is 104. The van der Waals surface area contributed by atoms with Crippen LogP contribution in [0.4, 0.5) is 32.0 Å². The molecule has 32 heavy (non-hydrogen) atoms. The van der Waals surface area contributed by atoms with E-state index >= 15 is 0 Å². The van der Waals surface area contributed by atoms with Gasteiger partial charge in [-0.05, 0) is 18.2 Å². The van der Waals surface area contributed by atoms with E-state index in [1.54, 1.807) is 5.32 Å². The molecule has 0 fully saturated rings. The van der Waals surface area contributed by atoms with E-state index in [0.717, 1.165) is 24.3 Å². The van der Waals surface area contributed by atoms with Crippen molar-refractivity contribution in [3.8, 4) is 0 Å². The lowest BCUT2D eigenvalue weighted by Gasteiger charge is -2.26. The highest BCUT2D eigenvalue weighted by Gasteiger charge is 2.36. The monoisotopic (exact) mass is 482 g/mol. The summed E-state index contributed by atoms with van der Waals surface area (Å²) in [5, 5.41) is 1.65. The standard InChI is InChI=1S/C19H16F6N2O4S/c1-32(30,31)27(15-5-3-2-4-13(15)19(23,24)25)10-12-7-6-11(8-14(12)20)16(28)9-26-18(29)17(21)22/h2-8,17H,9-10H2,1H3,(H,26,29). The highest BCUT2D eigenvalue weighted by molar-refractivity contribution is 7.92. The Hall–Kier alpha value is -3.09. The summed E-state index contributed by atoms with van der Waals surface area (Å²) in [4.78, 5) is 22.8. The van der Waals surface area contributed by atoms with Gasteiger partial charge in [-0.15, -0.1) is 0 Å². The Labute approximate surface area is 178 Å². The predicted octanol–water partition coefficient (Wildman–Crippen LogP) is 3.37. The number of nitrogens with zero attached hydrogens (tertiary/aromatic N) is 1. The van der Waals surface area contributed by atoms with E-state index in [1.165, 1.54) is 6.07 Å². The zero-order valence-corrected chi connectivity index (χ0v) is 17.1. The number of ketones is 1. The topological polar surface area (TPSA) is 83.6 Å². The quantitative estimate of drug-likeness (QED) is 0.462. The van der Waals surface area contributed by atoms with Crippen LogP contribution in [0.1, 0.15) is 21.5 Å². The lowest BCUT2D eigenvalue weighted by molar-refractivity contribution is -0.137. The first-order valence-electron chi connectivity index (χ1n) is 8.73. The van der Waals surface area contributed by atoms with Crippen molar-refractivity contribution in [2.24, 2.45) is 0 Å². The molecule has 0 saturated carbocycles. The number of hydrogen-bond donors (Lipinski definition) is 1. The molecule has 0 spiro atoms. The second-order valence-electron chi connectivity index (χ2n) is 6.53. The molecule has 0 bridgehead atoms. The number of halogens is 6. The number of sulfonamides is 1. The maximum absolute atomic E-state index is 14.5. The van der Waals surface area contributed by atoms with Crippen LogP contribution in [-0.2, 0) is 27.5 Å². The molecule has 2 aromatic carbocycles. The smallest absolute Gasteiger partial charge is 0.344 e. The normalized spacial score (nSPS) is 12.0. The van der Waals surface area contributed by atoms with Gasteiger partial charge in [0.25, 0.3) is 5.91 Å². The third kappa shape index (κ3) is 6.22. The number of anilines is 1. The van der Waals surface area contributed by atoms with Crippen molar-refractivity contribution >= 4 is 27.4 Å². The van der Waals surface area contributed by atoms with Crippen molar-refractivity contribution in [3.63, 3.8) is 0 Å². The molecule has 0 aromatic heterocycles. The number of carbonyl (C=O) groups is 2. The number of nitrogens with one attached hydrogen (secondary N) is 1. The number of alkyl halides is 5. The third-order valence-electron chi connectivity index (χ3n) is 4.19. The van der Waals surface area contributed by atoms with Crippen molar-refractivity contribution in [1.82, 2.24) is 5.32 Å². The Morgan fingerprint density at radius 2 is 1.72 bits per heavy atom. The zero-order chi connectivity index (χ0) is 24.3. The van der Waals surface area contributed by atoms with Gasteiger partial charge in [-0.1, -0.05) is 24.3 Å². The minimum atomic E-state index is -4.88. The van der Waals surface area contributed by atoms with E-state index in [1.807, 2.05) is 0 Å². The van der Waals surface area contributed by atoms with Crippen LogP contribution in [0.2, 0.25) is 0 Å². The second-order valence-corrected chi connectivity index (χ2v) is 8.44. The Bertz CT molecular complexity index is 1120. The first-order chi connectivity index (χ1) is 14.7. The van der Waals surface area contributed by atoms with Gasteiger partial charge in [0, 0.05) is 11.1 Å². The first-order valence-corrected chi connectivity index (χ1v) is 10.6. The van der Waals surface area contributed by atoms with Crippen LogP contribution in [0.3, 0.4) is 0 Å². The maximum Gasteiger partial charge on any atom is 0.418 e. The van der Waals surface area contributed by atoms with Crippen molar-refractivity contribution in [3.05, 3.63) is 65.0 Å². The van der Waals surface area contributed by atoms with Crippen LogP contribution in [-0.4, -0.2) is 39.3 Å². The van der Waals surface area contributed by atoms with Gasteiger partial charge in [0.1, 0.15) is 5.82 Å². The molecule has 2 rings (SSSR count). The summed E-state index contributed by atoms with van der Waals surface area (Å²) >= 11 is 0. The molecular formula is C19H16F6N2O4S.